The molecule has 0 aromatic carbocycles. The number of carbonyl (C=O) groups is 1. The van der Waals surface area contributed by atoms with Crippen molar-refractivity contribution < 1.29 is 14.6 Å². The van der Waals surface area contributed by atoms with Gasteiger partial charge >= 0.3 is 6.09 Å². The zero-order chi connectivity index (χ0) is 12.9. The van der Waals surface area contributed by atoms with Crippen molar-refractivity contribution in [3.8, 4) is 0 Å². The standard InChI is InChI=1S/C11H21NO3S2/c1-11(2,3)15-10(14)12-8(7-13)6-9-16-4-5-17-9/h8-9,13H,4-7H2,1-3H3,(H,12,14). The fraction of sp³-hybridized carbons (Fsp3) is 0.909. The van der Waals surface area contributed by atoms with Crippen LogP contribution in [0.15, 0.2) is 0 Å². The highest BCUT2D eigenvalue weighted by atomic mass is 32.2. The van der Waals surface area contributed by atoms with Crippen molar-refractivity contribution in [2.45, 2.75) is 43.4 Å². The molecular formula is C11H21NO3S2. The number of hydrogen-bond acceptors (Lipinski definition) is 5. The molecule has 1 fully saturated rings. The first-order valence-corrected chi connectivity index (χ1v) is 7.84. The average molecular weight is 279 g/mol. The molecule has 4 nitrogen and oxygen atoms in total. The normalized spacial score (nSPS) is 19.1. The molecule has 6 heteroatoms. The maximum absolute atomic E-state index is 11.5. The van der Waals surface area contributed by atoms with Crippen molar-refractivity contribution in [2.75, 3.05) is 18.1 Å². The van der Waals surface area contributed by atoms with Crippen LogP contribution >= 0.6 is 23.5 Å². The van der Waals surface area contributed by atoms with Gasteiger partial charge in [0.1, 0.15) is 5.60 Å². The Morgan fingerprint density at radius 3 is 2.53 bits per heavy atom. The number of aliphatic hydroxyl groups excluding tert-OH is 1. The Morgan fingerprint density at radius 2 is 2.06 bits per heavy atom. The van der Waals surface area contributed by atoms with Crippen LogP contribution < -0.4 is 5.32 Å². The molecule has 0 radical (unpaired) electrons. The molecule has 0 bridgehead atoms. The lowest BCUT2D eigenvalue weighted by atomic mass is 10.2. The highest BCUT2D eigenvalue weighted by Crippen LogP contribution is 2.34. The van der Waals surface area contributed by atoms with E-state index in [0.29, 0.717) is 4.58 Å². The van der Waals surface area contributed by atoms with Crippen molar-refractivity contribution >= 4 is 29.6 Å². The topological polar surface area (TPSA) is 58.6 Å². The summed E-state index contributed by atoms with van der Waals surface area (Å²) < 4.78 is 5.63. The number of thioether (sulfide) groups is 2. The van der Waals surface area contributed by atoms with E-state index in [0.717, 1.165) is 17.9 Å². The summed E-state index contributed by atoms with van der Waals surface area (Å²) in [6.07, 6.45) is 0.329. The zero-order valence-corrected chi connectivity index (χ0v) is 12.2. The SMILES string of the molecule is CC(C)(C)OC(=O)NC(CO)CC1SCCS1. The number of amides is 1. The van der Waals surface area contributed by atoms with Crippen LogP contribution in [0.5, 0.6) is 0 Å². The molecule has 0 aliphatic carbocycles. The maximum Gasteiger partial charge on any atom is 0.407 e. The number of hydrogen-bond donors (Lipinski definition) is 2. The van der Waals surface area contributed by atoms with Crippen molar-refractivity contribution in [1.82, 2.24) is 5.32 Å². The summed E-state index contributed by atoms with van der Waals surface area (Å²) in [6.45, 7) is 5.42. The third-order valence-electron chi connectivity index (χ3n) is 2.11. The number of carbonyl (C=O) groups excluding carboxylic acids is 1. The molecule has 1 heterocycles. The number of rotatable bonds is 4. The fourth-order valence-electron chi connectivity index (χ4n) is 1.43. The van der Waals surface area contributed by atoms with Crippen LogP contribution in [-0.2, 0) is 4.74 Å². The minimum Gasteiger partial charge on any atom is -0.444 e. The van der Waals surface area contributed by atoms with Crippen molar-refractivity contribution in [1.29, 1.82) is 0 Å². The van der Waals surface area contributed by atoms with Gasteiger partial charge in [0.25, 0.3) is 0 Å². The number of alkyl carbamates (subject to hydrolysis) is 1. The second-order valence-corrected chi connectivity index (χ2v) is 7.85. The van der Waals surface area contributed by atoms with E-state index in [9.17, 15) is 9.90 Å². The van der Waals surface area contributed by atoms with Crippen molar-refractivity contribution in [3.63, 3.8) is 0 Å². The van der Waals surface area contributed by atoms with E-state index >= 15 is 0 Å². The quantitative estimate of drug-likeness (QED) is 0.825. The largest absolute Gasteiger partial charge is 0.444 e. The number of nitrogens with one attached hydrogen (secondary N) is 1. The summed E-state index contributed by atoms with van der Waals surface area (Å²) >= 11 is 3.77. The van der Waals surface area contributed by atoms with Crippen molar-refractivity contribution in [2.24, 2.45) is 0 Å². The van der Waals surface area contributed by atoms with Gasteiger partial charge < -0.3 is 15.2 Å². The van der Waals surface area contributed by atoms with Crippen LogP contribution in [0.4, 0.5) is 4.79 Å². The third kappa shape index (κ3) is 6.43. The summed E-state index contributed by atoms with van der Waals surface area (Å²) in [4.78, 5) is 11.5. The Morgan fingerprint density at radius 1 is 1.47 bits per heavy atom. The smallest absolute Gasteiger partial charge is 0.407 e. The van der Waals surface area contributed by atoms with E-state index in [4.69, 9.17) is 4.74 Å². The van der Waals surface area contributed by atoms with Crippen molar-refractivity contribution in [3.05, 3.63) is 0 Å². The van der Waals surface area contributed by atoms with E-state index in [2.05, 4.69) is 5.32 Å². The lowest BCUT2D eigenvalue weighted by molar-refractivity contribution is 0.0481. The van der Waals surface area contributed by atoms with Crippen LogP contribution in [0.1, 0.15) is 27.2 Å². The highest BCUT2D eigenvalue weighted by Gasteiger charge is 2.24. The third-order valence-corrected chi connectivity index (χ3v) is 5.19. The molecule has 1 aliphatic heterocycles. The van der Waals surface area contributed by atoms with Gasteiger partial charge in [-0.2, -0.15) is 0 Å². The molecule has 0 spiro atoms. The van der Waals surface area contributed by atoms with E-state index in [1.165, 1.54) is 0 Å². The molecule has 1 saturated heterocycles. The molecule has 100 valence electrons. The number of ether oxygens (including phenoxy) is 1. The van der Waals surface area contributed by atoms with Gasteiger partial charge in [-0.1, -0.05) is 0 Å². The Balaban J connectivity index is 2.32. The first kappa shape index (κ1) is 15.0. The van der Waals surface area contributed by atoms with Gasteiger partial charge in [0, 0.05) is 11.5 Å². The summed E-state index contributed by atoms with van der Waals surface area (Å²) in [6, 6.07) is -0.215. The lowest BCUT2D eigenvalue weighted by Crippen LogP contribution is -2.42. The minimum absolute atomic E-state index is 0.0448. The van der Waals surface area contributed by atoms with Crippen LogP contribution in [0.2, 0.25) is 0 Å². The van der Waals surface area contributed by atoms with E-state index in [1.54, 1.807) is 0 Å². The predicted octanol–water partition coefficient (Wildman–Crippen LogP) is 2.07. The van der Waals surface area contributed by atoms with Crippen LogP contribution in [0, 0.1) is 0 Å². The molecule has 1 atom stereocenters. The van der Waals surface area contributed by atoms with Gasteiger partial charge in [0.15, 0.2) is 0 Å². The van der Waals surface area contributed by atoms with E-state index in [1.807, 2.05) is 44.3 Å². The summed E-state index contributed by atoms with van der Waals surface area (Å²) in [5, 5.41) is 12.0. The van der Waals surface area contributed by atoms with Gasteiger partial charge in [-0.05, 0) is 27.2 Å². The Labute approximate surface area is 111 Å². The maximum atomic E-state index is 11.5. The summed E-state index contributed by atoms with van der Waals surface area (Å²) in [5.74, 6) is 2.31. The van der Waals surface area contributed by atoms with E-state index < -0.39 is 11.7 Å². The molecule has 1 amide bonds. The van der Waals surface area contributed by atoms with Crippen LogP contribution in [-0.4, -0.2) is 45.5 Å². The first-order valence-electron chi connectivity index (χ1n) is 5.74. The first-order chi connectivity index (χ1) is 7.90. The molecule has 0 saturated carbocycles. The van der Waals surface area contributed by atoms with Gasteiger partial charge in [-0.25, -0.2) is 4.79 Å². The summed E-state index contributed by atoms with van der Waals surface area (Å²) in [7, 11) is 0. The van der Waals surface area contributed by atoms with Crippen LogP contribution in [0.3, 0.4) is 0 Å². The average Bonchev–Trinajstić information content (AvgIpc) is 2.66. The molecule has 2 N–H and O–H groups in total. The van der Waals surface area contributed by atoms with Crippen LogP contribution in [0.25, 0.3) is 0 Å². The molecule has 1 unspecified atom stereocenters. The van der Waals surface area contributed by atoms with E-state index in [-0.39, 0.29) is 12.6 Å². The van der Waals surface area contributed by atoms with Gasteiger partial charge in [0.2, 0.25) is 0 Å². The molecule has 17 heavy (non-hydrogen) atoms. The Kier molecular flexibility index (Phi) is 5.95. The lowest BCUT2D eigenvalue weighted by Gasteiger charge is -2.23. The zero-order valence-electron chi connectivity index (χ0n) is 10.6. The highest BCUT2D eigenvalue weighted by molar-refractivity contribution is 8.20. The molecule has 0 aromatic heterocycles. The Hall–Kier alpha value is -0.0700. The predicted molar refractivity (Wildman–Crippen MR) is 73.6 cm³/mol. The van der Waals surface area contributed by atoms with Gasteiger partial charge in [-0.3, -0.25) is 0 Å². The summed E-state index contributed by atoms with van der Waals surface area (Å²) in [5.41, 5.74) is -0.499. The van der Waals surface area contributed by atoms with Gasteiger partial charge in [-0.15, -0.1) is 23.5 Å². The molecule has 0 aromatic rings. The molecule has 1 aliphatic rings. The molecular weight excluding hydrogens is 258 g/mol. The second kappa shape index (κ2) is 6.75. The fourth-order valence-corrected chi connectivity index (χ4v) is 4.42. The Bertz CT molecular complexity index is 250. The second-order valence-electron chi connectivity index (χ2n) is 4.93. The molecule has 1 rings (SSSR count). The van der Waals surface area contributed by atoms with Gasteiger partial charge in [0.05, 0.1) is 17.2 Å². The number of aliphatic hydroxyl groups is 1. The monoisotopic (exact) mass is 279 g/mol. The minimum atomic E-state index is -0.499.